The Labute approximate surface area is 94.8 Å². The van der Waals surface area contributed by atoms with Gasteiger partial charge in [-0.3, -0.25) is 4.79 Å². The Morgan fingerprint density at radius 1 is 1.50 bits per heavy atom. The van der Waals surface area contributed by atoms with Crippen molar-refractivity contribution in [3.05, 3.63) is 35.4 Å². The predicted octanol–water partition coefficient (Wildman–Crippen LogP) is 1.32. The smallest absolute Gasteiger partial charge is 0.251 e. The van der Waals surface area contributed by atoms with E-state index in [-0.39, 0.29) is 11.9 Å². The molecule has 1 rings (SSSR count). The summed E-state index contributed by atoms with van der Waals surface area (Å²) in [5, 5.41) is 11.4. The summed E-state index contributed by atoms with van der Waals surface area (Å²) in [4.78, 5) is 11.7. The first kappa shape index (κ1) is 12.2. The molecule has 0 spiro atoms. The van der Waals surface area contributed by atoms with Gasteiger partial charge < -0.3 is 10.1 Å². The topological polar surface area (TPSA) is 62.1 Å². The van der Waals surface area contributed by atoms with Gasteiger partial charge in [-0.25, -0.2) is 0 Å². The number of carbonyl (C=O) groups is 1. The van der Waals surface area contributed by atoms with Gasteiger partial charge in [0.25, 0.3) is 5.91 Å². The SMILES string of the molecule is COC[C@@H](C)NC(=O)c1ccc(C#N)cc1. The van der Waals surface area contributed by atoms with Gasteiger partial charge in [-0.1, -0.05) is 0 Å². The summed E-state index contributed by atoms with van der Waals surface area (Å²) < 4.78 is 4.92. The number of hydrogen-bond donors (Lipinski definition) is 1. The van der Waals surface area contributed by atoms with Crippen LogP contribution in [0.5, 0.6) is 0 Å². The van der Waals surface area contributed by atoms with E-state index in [1.54, 1.807) is 31.4 Å². The second kappa shape index (κ2) is 5.89. The number of ether oxygens (including phenoxy) is 1. The van der Waals surface area contributed by atoms with Crippen molar-refractivity contribution in [3.8, 4) is 6.07 Å². The normalized spacial score (nSPS) is 11.6. The van der Waals surface area contributed by atoms with Crippen molar-refractivity contribution in [2.45, 2.75) is 13.0 Å². The van der Waals surface area contributed by atoms with E-state index in [1.807, 2.05) is 13.0 Å². The monoisotopic (exact) mass is 218 g/mol. The van der Waals surface area contributed by atoms with Crippen molar-refractivity contribution in [2.24, 2.45) is 0 Å². The second-order valence-corrected chi connectivity index (χ2v) is 3.52. The van der Waals surface area contributed by atoms with Crippen LogP contribution in [0.4, 0.5) is 0 Å². The highest BCUT2D eigenvalue weighted by atomic mass is 16.5. The molecule has 1 amide bonds. The van der Waals surface area contributed by atoms with Crippen molar-refractivity contribution in [2.75, 3.05) is 13.7 Å². The maximum atomic E-state index is 11.7. The Kier molecular flexibility index (Phi) is 4.49. The zero-order valence-corrected chi connectivity index (χ0v) is 9.36. The van der Waals surface area contributed by atoms with Crippen LogP contribution >= 0.6 is 0 Å². The minimum absolute atomic E-state index is 0.0341. The molecule has 1 atom stereocenters. The first-order valence-corrected chi connectivity index (χ1v) is 4.97. The third-order valence-corrected chi connectivity index (χ3v) is 2.07. The fourth-order valence-corrected chi connectivity index (χ4v) is 1.29. The van der Waals surface area contributed by atoms with Crippen molar-refractivity contribution >= 4 is 5.91 Å². The lowest BCUT2D eigenvalue weighted by Crippen LogP contribution is -2.35. The van der Waals surface area contributed by atoms with Gasteiger partial charge in [0.05, 0.1) is 18.2 Å². The zero-order chi connectivity index (χ0) is 12.0. The molecule has 0 saturated heterocycles. The van der Waals surface area contributed by atoms with Crippen molar-refractivity contribution < 1.29 is 9.53 Å². The molecule has 1 N–H and O–H groups in total. The summed E-state index contributed by atoms with van der Waals surface area (Å²) in [6.07, 6.45) is 0. The third kappa shape index (κ3) is 3.37. The summed E-state index contributed by atoms with van der Waals surface area (Å²) in [7, 11) is 1.59. The molecule has 0 bridgehead atoms. The number of hydrogen-bond acceptors (Lipinski definition) is 3. The van der Waals surface area contributed by atoms with Gasteiger partial charge >= 0.3 is 0 Å². The van der Waals surface area contributed by atoms with E-state index in [1.165, 1.54) is 0 Å². The van der Waals surface area contributed by atoms with E-state index in [2.05, 4.69) is 5.32 Å². The molecule has 0 aliphatic heterocycles. The van der Waals surface area contributed by atoms with Crippen molar-refractivity contribution in [1.29, 1.82) is 5.26 Å². The second-order valence-electron chi connectivity index (χ2n) is 3.52. The Bertz CT molecular complexity index is 392. The lowest BCUT2D eigenvalue weighted by molar-refractivity contribution is 0.0905. The highest BCUT2D eigenvalue weighted by Crippen LogP contribution is 2.03. The molecule has 4 heteroatoms. The highest BCUT2D eigenvalue weighted by Gasteiger charge is 2.08. The predicted molar refractivity (Wildman–Crippen MR) is 60.0 cm³/mol. The van der Waals surface area contributed by atoms with Crippen LogP contribution in [-0.4, -0.2) is 25.7 Å². The Morgan fingerprint density at radius 3 is 2.62 bits per heavy atom. The number of benzene rings is 1. The van der Waals surface area contributed by atoms with Crippen LogP contribution in [0.25, 0.3) is 0 Å². The fourth-order valence-electron chi connectivity index (χ4n) is 1.29. The molecule has 0 fully saturated rings. The van der Waals surface area contributed by atoms with E-state index in [0.29, 0.717) is 17.7 Å². The van der Waals surface area contributed by atoms with Crippen LogP contribution in [0.1, 0.15) is 22.8 Å². The number of nitrogens with zero attached hydrogens (tertiary/aromatic N) is 1. The molecule has 1 aromatic rings. The molecule has 84 valence electrons. The Morgan fingerprint density at radius 2 is 2.12 bits per heavy atom. The molecule has 0 aliphatic carbocycles. The molecule has 0 aromatic heterocycles. The number of nitrogens with one attached hydrogen (secondary N) is 1. The average Bonchev–Trinajstić information content (AvgIpc) is 2.29. The van der Waals surface area contributed by atoms with E-state index in [4.69, 9.17) is 10.00 Å². The van der Waals surface area contributed by atoms with E-state index < -0.39 is 0 Å². The van der Waals surface area contributed by atoms with Gasteiger partial charge in [-0.05, 0) is 31.2 Å². The number of amides is 1. The maximum absolute atomic E-state index is 11.7. The molecule has 0 aliphatic rings. The summed E-state index contributed by atoms with van der Waals surface area (Å²) in [5.41, 5.74) is 1.09. The van der Waals surface area contributed by atoms with E-state index in [9.17, 15) is 4.79 Å². The average molecular weight is 218 g/mol. The van der Waals surface area contributed by atoms with Gasteiger partial charge in [0.1, 0.15) is 0 Å². The molecule has 0 saturated carbocycles. The Hall–Kier alpha value is -1.86. The van der Waals surface area contributed by atoms with Gasteiger partial charge in [0.2, 0.25) is 0 Å². The molecular weight excluding hydrogens is 204 g/mol. The van der Waals surface area contributed by atoms with Crippen LogP contribution in [0, 0.1) is 11.3 Å². The quantitative estimate of drug-likeness (QED) is 0.829. The van der Waals surface area contributed by atoms with Crippen LogP contribution in [-0.2, 0) is 4.74 Å². The summed E-state index contributed by atoms with van der Waals surface area (Å²) >= 11 is 0. The standard InChI is InChI=1S/C12H14N2O2/c1-9(8-16-2)14-12(15)11-5-3-10(7-13)4-6-11/h3-6,9H,8H2,1-2H3,(H,14,15)/t9-/m1/s1. The summed E-state index contributed by atoms with van der Waals surface area (Å²) in [6.45, 7) is 2.34. The maximum Gasteiger partial charge on any atom is 0.251 e. The largest absolute Gasteiger partial charge is 0.383 e. The zero-order valence-electron chi connectivity index (χ0n) is 9.36. The lowest BCUT2D eigenvalue weighted by Gasteiger charge is -2.12. The summed E-state index contributed by atoms with van der Waals surface area (Å²) in [6, 6.07) is 8.47. The summed E-state index contributed by atoms with van der Waals surface area (Å²) in [5.74, 6) is -0.158. The highest BCUT2D eigenvalue weighted by molar-refractivity contribution is 5.94. The molecular formula is C12H14N2O2. The van der Waals surface area contributed by atoms with Crippen LogP contribution in [0.15, 0.2) is 24.3 Å². The van der Waals surface area contributed by atoms with Gasteiger partial charge in [-0.2, -0.15) is 5.26 Å². The molecule has 0 heterocycles. The number of methoxy groups -OCH3 is 1. The minimum atomic E-state index is -0.158. The van der Waals surface area contributed by atoms with Crippen molar-refractivity contribution in [1.82, 2.24) is 5.32 Å². The van der Waals surface area contributed by atoms with Gasteiger partial charge in [0, 0.05) is 18.7 Å². The first-order valence-electron chi connectivity index (χ1n) is 4.97. The third-order valence-electron chi connectivity index (χ3n) is 2.07. The Balaban J connectivity index is 2.63. The molecule has 0 unspecified atom stereocenters. The van der Waals surface area contributed by atoms with Crippen LogP contribution in [0.3, 0.4) is 0 Å². The minimum Gasteiger partial charge on any atom is -0.383 e. The number of nitriles is 1. The lowest BCUT2D eigenvalue weighted by atomic mass is 10.1. The fraction of sp³-hybridized carbons (Fsp3) is 0.333. The molecule has 1 aromatic carbocycles. The van der Waals surface area contributed by atoms with Crippen LogP contribution in [0.2, 0.25) is 0 Å². The number of carbonyl (C=O) groups excluding carboxylic acids is 1. The number of rotatable bonds is 4. The van der Waals surface area contributed by atoms with Gasteiger partial charge in [-0.15, -0.1) is 0 Å². The first-order chi connectivity index (χ1) is 7.67. The molecule has 0 radical (unpaired) electrons. The van der Waals surface area contributed by atoms with Gasteiger partial charge in [0.15, 0.2) is 0 Å². The molecule has 4 nitrogen and oxygen atoms in total. The molecule has 16 heavy (non-hydrogen) atoms. The van der Waals surface area contributed by atoms with Crippen molar-refractivity contribution in [3.63, 3.8) is 0 Å². The van der Waals surface area contributed by atoms with Crippen LogP contribution < -0.4 is 5.32 Å². The van der Waals surface area contributed by atoms with E-state index >= 15 is 0 Å². The van der Waals surface area contributed by atoms with E-state index in [0.717, 1.165) is 0 Å².